The minimum Gasteiger partial charge on any atom is -0.454 e. The first kappa shape index (κ1) is 12.3. The van der Waals surface area contributed by atoms with Crippen LogP contribution in [0.2, 0.25) is 5.02 Å². The number of hydrogen-bond acceptors (Lipinski definition) is 3. The van der Waals surface area contributed by atoms with E-state index in [0.717, 1.165) is 27.6 Å². The Morgan fingerprint density at radius 3 is 2.74 bits per heavy atom. The van der Waals surface area contributed by atoms with Crippen molar-refractivity contribution < 1.29 is 9.47 Å². The fourth-order valence-corrected chi connectivity index (χ4v) is 2.38. The van der Waals surface area contributed by atoms with Crippen molar-refractivity contribution in [1.82, 2.24) is 0 Å². The number of ether oxygens (including phenoxy) is 2. The molecule has 19 heavy (non-hydrogen) atoms. The number of hydrogen-bond donors (Lipinski definition) is 1. The molecule has 0 fully saturated rings. The normalized spacial score (nSPS) is 14.4. The smallest absolute Gasteiger partial charge is 0.231 e. The van der Waals surface area contributed by atoms with Gasteiger partial charge >= 0.3 is 0 Å². The zero-order valence-electron chi connectivity index (χ0n) is 10.3. The van der Waals surface area contributed by atoms with Crippen LogP contribution < -0.4 is 15.2 Å². The molecule has 0 saturated heterocycles. The summed E-state index contributed by atoms with van der Waals surface area (Å²) in [5.41, 5.74) is 8.30. The highest BCUT2D eigenvalue weighted by Crippen LogP contribution is 2.34. The zero-order valence-corrected chi connectivity index (χ0v) is 11.1. The first-order valence-electron chi connectivity index (χ1n) is 6.12. The highest BCUT2D eigenvalue weighted by atomic mass is 35.5. The number of benzene rings is 2. The predicted octanol–water partition coefficient (Wildman–Crippen LogP) is 3.31. The number of halogens is 1. The fraction of sp³-hybridized carbons (Fsp3) is 0.200. The lowest BCUT2D eigenvalue weighted by Gasteiger charge is -2.13. The van der Waals surface area contributed by atoms with Crippen LogP contribution >= 0.6 is 11.6 Å². The van der Waals surface area contributed by atoms with E-state index in [4.69, 9.17) is 26.8 Å². The van der Waals surface area contributed by atoms with Crippen molar-refractivity contribution in [3.05, 3.63) is 58.6 Å². The largest absolute Gasteiger partial charge is 0.454 e. The molecule has 1 atom stereocenters. The highest BCUT2D eigenvalue weighted by Gasteiger charge is 2.16. The van der Waals surface area contributed by atoms with Crippen LogP contribution in [0, 0.1) is 0 Å². The standard InChI is InChI=1S/C15H14ClNO2/c16-12-4-2-1-3-10(12)7-13(17)11-5-6-14-15(8-11)19-9-18-14/h1-6,8,13H,7,9,17H2. The summed E-state index contributed by atoms with van der Waals surface area (Å²) in [5.74, 6) is 1.53. The molecule has 2 aromatic rings. The molecule has 0 saturated carbocycles. The maximum atomic E-state index is 6.23. The topological polar surface area (TPSA) is 44.5 Å². The number of rotatable bonds is 3. The molecule has 1 aliphatic heterocycles. The van der Waals surface area contributed by atoms with E-state index in [1.807, 2.05) is 42.5 Å². The van der Waals surface area contributed by atoms with Crippen molar-refractivity contribution in [2.45, 2.75) is 12.5 Å². The van der Waals surface area contributed by atoms with Gasteiger partial charge < -0.3 is 15.2 Å². The summed E-state index contributed by atoms with van der Waals surface area (Å²) in [5, 5.41) is 0.749. The minimum atomic E-state index is -0.116. The van der Waals surface area contributed by atoms with E-state index in [2.05, 4.69) is 0 Å². The van der Waals surface area contributed by atoms with Gasteiger partial charge in [0.15, 0.2) is 11.5 Å². The Hall–Kier alpha value is -1.71. The van der Waals surface area contributed by atoms with Crippen LogP contribution in [0.25, 0.3) is 0 Å². The maximum absolute atomic E-state index is 6.23. The van der Waals surface area contributed by atoms with Crippen molar-refractivity contribution in [3.63, 3.8) is 0 Å². The van der Waals surface area contributed by atoms with Gasteiger partial charge in [-0.25, -0.2) is 0 Å². The molecule has 3 nitrogen and oxygen atoms in total. The number of nitrogens with two attached hydrogens (primary N) is 1. The van der Waals surface area contributed by atoms with Crippen LogP contribution in [-0.2, 0) is 6.42 Å². The second-order valence-electron chi connectivity index (χ2n) is 4.51. The fourth-order valence-electron chi connectivity index (χ4n) is 2.16. The van der Waals surface area contributed by atoms with Crippen LogP contribution in [0.1, 0.15) is 17.2 Å². The van der Waals surface area contributed by atoms with Crippen LogP contribution in [-0.4, -0.2) is 6.79 Å². The SMILES string of the molecule is NC(Cc1ccccc1Cl)c1ccc2c(c1)OCO2. The Balaban J connectivity index is 1.81. The third-order valence-corrected chi connectivity index (χ3v) is 3.59. The van der Waals surface area contributed by atoms with E-state index >= 15 is 0 Å². The Bertz CT molecular complexity index is 600. The van der Waals surface area contributed by atoms with E-state index in [-0.39, 0.29) is 12.8 Å². The van der Waals surface area contributed by atoms with Crippen LogP contribution in [0.5, 0.6) is 11.5 Å². The summed E-state index contributed by atoms with van der Waals surface area (Å²) in [6.45, 7) is 0.276. The quantitative estimate of drug-likeness (QED) is 0.935. The molecule has 1 aliphatic rings. The Morgan fingerprint density at radius 1 is 1.11 bits per heavy atom. The van der Waals surface area contributed by atoms with E-state index in [9.17, 15) is 0 Å². The molecule has 3 rings (SSSR count). The molecule has 0 aliphatic carbocycles. The third-order valence-electron chi connectivity index (χ3n) is 3.22. The Morgan fingerprint density at radius 2 is 1.89 bits per heavy atom. The molecule has 2 N–H and O–H groups in total. The lowest BCUT2D eigenvalue weighted by Crippen LogP contribution is -2.13. The molecule has 0 aromatic heterocycles. The average molecular weight is 276 g/mol. The molecule has 2 aromatic carbocycles. The van der Waals surface area contributed by atoms with Gasteiger partial charge in [0, 0.05) is 11.1 Å². The lowest BCUT2D eigenvalue weighted by atomic mass is 9.99. The molecular formula is C15H14ClNO2. The first-order valence-corrected chi connectivity index (χ1v) is 6.50. The average Bonchev–Trinajstić information content (AvgIpc) is 2.88. The van der Waals surface area contributed by atoms with Gasteiger partial charge in [0.25, 0.3) is 0 Å². The van der Waals surface area contributed by atoms with E-state index < -0.39 is 0 Å². The van der Waals surface area contributed by atoms with E-state index in [0.29, 0.717) is 6.42 Å². The summed E-state index contributed by atoms with van der Waals surface area (Å²) >= 11 is 6.15. The molecule has 4 heteroatoms. The highest BCUT2D eigenvalue weighted by molar-refractivity contribution is 6.31. The predicted molar refractivity (Wildman–Crippen MR) is 74.6 cm³/mol. The van der Waals surface area contributed by atoms with Crippen LogP contribution in [0.4, 0.5) is 0 Å². The monoisotopic (exact) mass is 275 g/mol. The van der Waals surface area contributed by atoms with Gasteiger partial charge in [0.1, 0.15) is 0 Å². The molecule has 0 spiro atoms. The molecule has 1 heterocycles. The maximum Gasteiger partial charge on any atom is 0.231 e. The third kappa shape index (κ3) is 2.53. The molecule has 0 radical (unpaired) electrons. The zero-order chi connectivity index (χ0) is 13.2. The van der Waals surface area contributed by atoms with Crippen molar-refractivity contribution in [2.75, 3.05) is 6.79 Å². The molecule has 98 valence electrons. The minimum absolute atomic E-state index is 0.116. The summed E-state index contributed by atoms with van der Waals surface area (Å²) in [6, 6.07) is 13.4. The summed E-state index contributed by atoms with van der Waals surface area (Å²) in [7, 11) is 0. The van der Waals surface area contributed by atoms with Gasteiger partial charge in [-0.1, -0.05) is 35.9 Å². The second-order valence-corrected chi connectivity index (χ2v) is 4.92. The van der Waals surface area contributed by atoms with Crippen LogP contribution in [0.15, 0.2) is 42.5 Å². The van der Waals surface area contributed by atoms with Gasteiger partial charge in [-0.2, -0.15) is 0 Å². The second kappa shape index (κ2) is 5.11. The van der Waals surface area contributed by atoms with Crippen molar-refractivity contribution >= 4 is 11.6 Å². The summed E-state index contributed by atoms with van der Waals surface area (Å²) in [4.78, 5) is 0. The Kier molecular flexibility index (Phi) is 3.32. The van der Waals surface area contributed by atoms with Gasteiger partial charge in [-0.15, -0.1) is 0 Å². The molecular weight excluding hydrogens is 262 g/mol. The van der Waals surface area contributed by atoms with Crippen molar-refractivity contribution in [1.29, 1.82) is 0 Å². The lowest BCUT2D eigenvalue weighted by molar-refractivity contribution is 0.174. The molecule has 0 bridgehead atoms. The van der Waals surface area contributed by atoms with Gasteiger partial charge in [0.2, 0.25) is 6.79 Å². The van der Waals surface area contributed by atoms with Crippen LogP contribution in [0.3, 0.4) is 0 Å². The van der Waals surface area contributed by atoms with E-state index in [1.54, 1.807) is 0 Å². The van der Waals surface area contributed by atoms with Gasteiger partial charge in [-0.3, -0.25) is 0 Å². The Labute approximate surface area is 116 Å². The molecule has 0 amide bonds. The van der Waals surface area contributed by atoms with Crippen molar-refractivity contribution in [2.24, 2.45) is 5.73 Å². The van der Waals surface area contributed by atoms with Gasteiger partial charge in [-0.05, 0) is 35.7 Å². The first-order chi connectivity index (χ1) is 9.24. The van der Waals surface area contributed by atoms with Gasteiger partial charge in [0.05, 0.1) is 0 Å². The molecule has 1 unspecified atom stereocenters. The van der Waals surface area contributed by atoms with Crippen molar-refractivity contribution in [3.8, 4) is 11.5 Å². The summed E-state index contributed by atoms with van der Waals surface area (Å²) in [6.07, 6.45) is 0.694. The van der Waals surface area contributed by atoms with E-state index in [1.165, 1.54) is 0 Å². The summed E-state index contributed by atoms with van der Waals surface area (Å²) < 4.78 is 10.6. The number of fused-ring (bicyclic) bond motifs is 1.